The topological polar surface area (TPSA) is 15.3 Å². The molecule has 92 valence electrons. The molecule has 0 amide bonds. The van der Waals surface area contributed by atoms with E-state index >= 15 is 0 Å². The van der Waals surface area contributed by atoms with Gasteiger partial charge in [-0.3, -0.25) is 4.90 Å². The number of hydrogen-bond acceptors (Lipinski definition) is 2. The first-order valence-corrected chi connectivity index (χ1v) is 5.42. The zero-order chi connectivity index (χ0) is 12.2. The third kappa shape index (κ3) is 4.86. The number of nitrogens with one attached hydrogen (secondary N) is 1. The van der Waals surface area contributed by atoms with Crippen molar-refractivity contribution in [3.05, 3.63) is 0 Å². The van der Waals surface area contributed by atoms with Gasteiger partial charge in [-0.2, -0.15) is 13.2 Å². The number of likely N-dealkylation sites (tertiary alicyclic amines) is 1. The molecule has 1 unspecified atom stereocenters. The van der Waals surface area contributed by atoms with E-state index in [1.54, 1.807) is 0 Å². The SMILES string of the molecule is C#CC(C)NC1CCN(CC(F)(F)F)CC1. The van der Waals surface area contributed by atoms with Crippen molar-refractivity contribution in [3.8, 4) is 12.3 Å². The summed E-state index contributed by atoms with van der Waals surface area (Å²) in [5, 5.41) is 3.21. The van der Waals surface area contributed by atoms with E-state index in [9.17, 15) is 13.2 Å². The van der Waals surface area contributed by atoms with Crippen LogP contribution in [0, 0.1) is 12.3 Å². The molecule has 0 aromatic heterocycles. The van der Waals surface area contributed by atoms with Crippen molar-refractivity contribution in [3.63, 3.8) is 0 Å². The monoisotopic (exact) mass is 234 g/mol. The molecule has 0 saturated carbocycles. The number of rotatable bonds is 3. The summed E-state index contributed by atoms with van der Waals surface area (Å²) < 4.78 is 36.4. The maximum atomic E-state index is 12.1. The van der Waals surface area contributed by atoms with E-state index in [1.807, 2.05) is 6.92 Å². The summed E-state index contributed by atoms with van der Waals surface area (Å²) in [6, 6.07) is 0.231. The van der Waals surface area contributed by atoms with Crippen LogP contribution in [0.25, 0.3) is 0 Å². The fraction of sp³-hybridized carbons (Fsp3) is 0.818. The molecule has 5 heteroatoms. The Kier molecular flexibility index (Phi) is 4.63. The Morgan fingerprint density at radius 1 is 1.44 bits per heavy atom. The van der Waals surface area contributed by atoms with Gasteiger partial charge in [-0.25, -0.2) is 0 Å². The zero-order valence-corrected chi connectivity index (χ0v) is 9.35. The second-order valence-corrected chi connectivity index (χ2v) is 4.22. The lowest BCUT2D eigenvalue weighted by atomic mass is 10.0. The van der Waals surface area contributed by atoms with Gasteiger partial charge in [0, 0.05) is 6.04 Å². The predicted octanol–water partition coefficient (Wildman–Crippen LogP) is 1.62. The van der Waals surface area contributed by atoms with E-state index in [1.165, 1.54) is 4.90 Å². The first-order chi connectivity index (χ1) is 7.40. The molecule has 1 fully saturated rings. The van der Waals surface area contributed by atoms with E-state index < -0.39 is 12.7 Å². The summed E-state index contributed by atoms with van der Waals surface area (Å²) in [6.07, 6.45) is 2.59. The molecule has 1 heterocycles. The molecule has 1 saturated heterocycles. The molecule has 2 nitrogen and oxygen atoms in total. The Morgan fingerprint density at radius 3 is 2.44 bits per heavy atom. The molecule has 0 aliphatic carbocycles. The normalized spacial score (nSPS) is 21.7. The average molecular weight is 234 g/mol. The third-order valence-corrected chi connectivity index (χ3v) is 2.73. The minimum Gasteiger partial charge on any atom is -0.301 e. The lowest BCUT2D eigenvalue weighted by Crippen LogP contribution is -2.47. The van der Waals surface area contributed by atoms with E-state index in [4.69, 9.17) is 6.42 Å². The Morgan fingerprint density at radius 2 is 2.00 bits per heavy atom. The van der Waals surface area contributed by atoms with Crippen LogP contribution >= 0.6 is 0 Å². The first-order valence-electron chi connectivity index (χ1n) is 5.42. The number of piperidine rings is 1. The molecule has 0 aromatic carbocycles. The highest BCUT2D eigenvalue weighted by Crippen LogP contribution is 2.19. The van der Waals surface area contributed by atoms with E-state index in [-0.39, 0.29) is 12.1 Å². The molecule has 1 aliphatic rings. The average Bonchev–Trinajstić information content (AvgIpc) is 2.18. The van der Waals surface area contributed by atoms with Crippen molar-refractivity contribution in [2.75, 3.05) is 19.6 Å². The van der Waals surface area contributed by atoms with Crippen LogP contribution in [0.1, 0.15) is 19.8 Å². The Labute approximate surface area is 94.2 Å². The summed E-state index contributed by atoms with van der Waals surface area (Å²) in [6.45, 7) is 2.04. The summed E-state index contributed by atoms with van der Waals surface area (Å²) in [5.74, 6) is 2.56. The number of nitrogens with zero attached hydrogens (tertiary/aromatic N) is 1. The van der Waals surface area contributed by atoms with Gasteiger partial charge in [-0.05, 0) is 32.9 Å². The maximum Gasteiger partial charge on any atom is 0.401 e. The van der Waals surface area contributed by atoms with Crippen molar-refractivity contribution in [1.82, 2.24) is 10.2 Å². The lowest BCUT2D eigenvalue weighted by molar-refractivity contribution is -0.148. The maximum absolute atomic E-state index is 12.1. The van der Waals surface area contributed by atoms with Gasteiger partial charge in [0.05, 0.1) is 12.6 Å². The van der Waals surface area contributed by atoms with Crippen molar-refractivity contribution >= 4 is 0 Å². The van der Waals surface area contributed by atoms with Gasteiger partial charge in [0.1, 0.15) is 0 Å². The third-order valence-electron chi connectivity index (χ3n) is 2.73. The molecule has 0 spiro atoms. The summed E-state index contributed by atoms with van der Waals surface area (Å²) in [7, 11) is 0. The van der Waals surface area contributed by atoms with E-state index in [0.717, 1.165) is 12.8 Å². The molecule has 1 rings (SSSR count). The van der Waals surface area contributed by atoms with Gasteiger partial charge in [-0.1, -0.05) is 5.92 Å². The smallest absolute Gasteiger partial charge is 0.301 e. The van der Waals surface area contributed by atoms with Gasteiger partial charge < -0.3 is 5.32 Å². The summed E-state index contributed by atoms with van der Waals surface area (Å²) in [5.41, 5.74) is 0. The molecule has 0 aromatic rings. The van der Waals surface area contributed by atoms with Crippen LogP contribution < -0.4 is 5.32 Å². The van der Waals surface area contributed by atoms with Gasteiger partial charge in [0.25, 0.3) is 0 Å². The molecular formula is C11H17F3N2. The molecule has 1 atom stereocenters. The molecule has 0 radical (unpaired) electrons. The van der Waals surface area contributed by atoms with Gasteiger partial charge in [0.15, 0.2) is 0 Å². The summed E-state index contributed by atoms with van der Waals surface area (Å²) >= 11 is 0. The molecule has 16 heavy (non-hydrogen) atoms. The van der Waals surface area contributed by atoms with Gasteiger partial charge >= 0.3 is 6.18 Å². The Balaban J connectivity index is 2.27. The minimum atomic E-state index is -4.09. The highest BCUT2D eigenvalue weighted by Gasteiger charge is 2.32. The van der Waals surface area contributed by atoms with Crippen LogP contribution in [-0.2, 0) is 0 Å². The summed E-state index contributed by atoms with van der Waals surface area (Å²) in [4.78, 5) is 1.44. The van der Waals surface area contributed by atoms with Crippen LogP contribution in [0.5, 0.6) is 0 Å². The van der Waals surface area contributed by atoms with Crippen molar-refractivity contribution < 1.29 is 13.2 Å². The molecular weight excluding hydrogens is 217 g/mol. The van der Waals surface area contributed by atoms with Crippen molar-refractivity contribution in [2.24, 2.45) is 0 Å². The second kappa shape index (κ2) is 5.55. The number of halogens is 3. The predicted molar refractivity (Wildman–Crippen MR) is 56.9 cm³/mol. The Bertz CT molecular complexity index is 249. The van der Waals surface area contributed by atoms with Crippen molar-refractivity contribution in [1.29, 1.82) is 0 Å². The fourth-order valence-electron chi connectivity index (χ4n) is 1.91. The largest absolute Gasteiger partial charge is 0.401 e. The van der Waals surface area contributed by atoms with Crippen LogP contribution in [0.4, 0.5) is 13.2 Å². The van der Waals surface area contributed by atoms with E-state index in [0.29, 0.717) is 13.1 Å². The Hall–Kier alpha value is -0.730. The van der Waals surface area contributed by atoms with E-state index in [2.05, 4.69) is 11.2 Å². The highest BCUT2D eigenvalue weighted by atomic mass is 19.4. The zero-order valence-electron chi connectivity index (χ0n) is 9.35. The lowest BCUT2D eigenvalue weighted by Gasteiger charge is -2.33. The minimum absolute atomic E-state index is 0.0147. The second-order valence-electron chi connectivity index (χ2n) is 4.22. The fourth-order valence-corrected chi connectivity index (χ4v) is 1.91. The number of hydrogen-bond donors (Lipinski definition) is 1. The van der Waals surface area contributed by atoms with Crippen LogP contribution in [0.2, 0.25) is 0 Å². The number of terminal acetylenes is 1. The van der Waals surface area contributed by atoms with Gasteiger partial charge in [-0.15, -0.1) is 6.42 Å². The van der Waals surface area contributed by atoms with Crippen LogP contribution in [0.3, 0.4) is 0 Å². The standard InChI is InChI=1S/C11H17F3N2/c1-3-9(2)15-10-4-6-16(7-5-10)8-11(12,13)14/h1,9-10,15H,4-8H2,2H3. The number of alkyl halides is 3. The quantitative estimate of drug-likeness (QED) is 0.747. The van der Waals surface area contributed by atoms with Crippen LogP contribution in [-0.4, -0.2) is 42.8 Å². The molecule has 0 bridgehead atoms. The van der Waals surface area contributed by atoms with Crippen molar-refractivity contribution in [2.45, 2.75) is 38.0 Å². The highest BCUT2D eigenvalue weighted by molar-refractivity contribution is 4.97. The first kappa shape index (κ1) is 13.3. The van der Waals surface area contributed by atoms with Gasteiger partial charge in [0.2, 0.25) is 0 Å². The molecule has 1 aliphatic heterocycles. The molecule has 1 N–H and O–H groups in total. The van der Waals surface area contributed by atoms with Crippen LogP contribution in [0.15, 0.2) is 0 Å².